The molecule has 4 heteroatoms. The van der Waals surface area contributed by atoms with Crippen molar-refractivity contribution in [2.75, 3.05) is 13.1 Å². The number of hydrogen-bond donors (Lipinski definition) is 1. The zero-order chi connectivity index (χ0) is 10.9. The minimum absolute atomic E-state index is 0.127. The largest absolute Gasteiger partial charge is 0.481 e. The van der Waals surface area contributed by atoms with Gasteiger partial charge in [-0.3, -0.25) is 9.59 Å². The third kappa shape index (κ3) is 1.85. The third-order valence-electron chi connectivity index (χ3n) is 3.68. The van der Waals surface area contributed by atoms with Gasteiger partial charge in [0.15, 0.2) is 0 Å². The molecule has 2 fully saturated rings. The number of nitrogens with zero attached hydrogens (tertiary/aromatic N) is 1. The maximum absolute atomic E-state index is 11.5. The molecule has 0 radical (unpaired) electrons. The van der Waals surface area contributed by atoms with Crippen molar-refractivity contribution >= 4 is 11.9 Å². The number of carbonyl (C=O) groups excluding carboxylic acids is 1. The highest BCUT2D eigenvalue weighted by molar-refractivity contribution is 5.80. The van der Waals surface area contributed by atoms with Crippen LogP contribution in [0.2, 0.25) is 0 Å². The van der Waals surface area contributed by atoms with Crippen LogP contribution in [0.1, 0.15) is 38.5 Å². The van der Waals surface area contributed by atoms with Crippen molar-refractivity contribution in [3.8, 4) is 0 Å². The summed E-state index contributed by atoms with van der Waals surface area (Å²) in [7, 11) is 0. The molecule has 84 valence electrons. The number of likely N-dealkylation sites (tertiary alicyclic amines) is 1. The molecule has 0 bridgehead atoms. The van der Waals surface area contributed by atoms with Crippen molar-refractivity contribution in [2.45, 2.75) is 38.5 Å². The molecule has 0 aromatic heterocycles. The molecule has 2 rings (SSSR count). The summed E-state index contributed by atoms with van der Waals surface area (Å²) in [6.45, 7) is 1.18. The maximum Gasteiger partial charge on any atom is 0.311 e. The summed E-state index contributed by atoms with van der Waals surface area (Å²) >= 11 is 0. The second kappa shape index (κ2) is 3.83. The van der Waals surface area contributed by atoms with Gasteiger partial charge in [-0.25, -0.2) is 0 Å². The zero-order valence-corrected chi connectivity index (χ0v) is 8.87. The molecule has 2 aliphatic rings. The van der Waals surface area contributed by atoms with Gasteiger partial charge in [-0.1, -0.05) is 12.8 Å². The molecule has 1 aliphatic heterocycles. The van der Waals surface area contributed by atoms with E-state index in [0.717, 1.165) is 38.6 Å². The average molecular weight is 211 g/mol. The fourth-order valence-corrected chi connectivity index (χ4v) is 2.73. The van der Waals surface area contributed by atoms with E-state index in [1.807, 2.05) is 0 Å². The molecule has 0 aromatic carbocycles. The van der Waals surface area contributed by atoms with Gasteiger partial charge >= 0.3 is 5.97 Å². The average Bonchev–Trinajstić information content (AvgIpc) is 2.78. The number of carbonyl (C=O) groups is 2. The molecular formula is C11H17NO3. The number of aliphatic carboxylic acids is 1. The molecule has 0 unspecified atom stereocenters. The SMILES string of the molecule is O=C1CCCN1CC1(C(=O)O)CCCC1. The zero-order valence-electron chi connectivity index (χ0n) is 8.87. The molecule has 1 N–H and O–H groups in total. The van der Waals surface area contributed by atoms with Gasteiger partial charge in [0.25, 0.3) is 0 Å². The van der Waals surface area contributed by atoms with E-state index in [9.17, 15) is 14.7 Å². The van der Waals surface area contributed by atoms with Gasteiger partial charge in [0.2, 0.25) is 5.91 Å². The molecule has 1 saturated heterocycles. The summed E-state index contributed by atoms with van der Waals surface area (Å²) in [5, 5.41) is 9.27. The van der Waals surface area contributed by atoms with Crippen molar-refractivity contribution in [2.24, 2.45) is 5.41 Å². The fraction of sp³-hybridized carbons (Fsp3) is 0.818. The molecule has 1 aliphatic carbocycles. The number of carboxylic acids is 1. The highest BCUT2D eigenvalue weighted by atomic mass is 16.4. The molecule has 1 heterocycles. The van der Waals surface area contributed by atoms with Crippen LogP contribution in [0.25, 0.3) is 0 Å². The quantitative estimate of drug-likeness (QED) is 0.764. The van der Waals surface area contributed by atoms with E-state index in [-0.39, 0.29) is 5.91 Å². The van der Waals surface area contributed by atoms with Crippen LogP contribution in [0.15, 0.2) is 0 Å². The Kier molecular flexibility index (Phi) is 2.67. The van der Waals surface area contributed by atoms with Crippen LogP contribution in [0.4, 0.5) is 0 Å². The Labute approximate surface area is 89.3 Å². The standard InChI is InChI=1S/C11H17NO3/c13-9-4-3-7-12(9)8-11(10(14)15)5-1-2-6-11/h1-8H2,(H,14,15). The second-order valence-corrected chi connectivity index (χ2v) is 4.71. The lowest BCUT2D eigenvalue weighted by molar-refractivity contribution is -0.150. The lowest BCUT2D eigenvalue weighted by atomic mass is 9.86. The van der Waals surface area contributed by atoms with E-state index >= 15 is 0 Å². The molecule has 4 nitrogen and oxygen atoms in total. The highest BCUT2D eigenvalue weighted by Crippen LogP contribution is 2.39. The van der Waals surface area contributed by atoms with Gasteiger partial charge in [0, 0.05) is 19.5 Å². The highest BCUT2D eigenvalue weighted by Gasteiger charge is 2.43. The summed E-state index contributed by atoms with van der Waals surface area (Å²) < 4.78 is 0. The van der Waals surface area contributed by atoms with Gasteiger partial charge in [-0.15, -0.1) is 0 Å². The molecular weight excluding hydrogens is 194 g/mol. The number of carboxylic acid groups (broad SMARTS) is 1. The number of amides is 1. The third-order valence-corrected chi connectivity index (χ3v) is 3.68. The minimum Gasteiger partial charge on any atom is -0.481 e. The molecule has 0 atom stereocenters. The topological polar surface area (TPSA) is 57.6 Å². The molecule has 0 aromatic rings. The number of hydrogen-bond acceptors (Lipinski definition) is 2. The maximum atomic E-state index is 11.5. The molecule has 1 saturated carbocycles. The van der Waals surface area contributed by atoms with E-state index < -0.39 is 11.4 Å². The summed E-state index contributed by atoms with van der Waals surface area (Å²) in [5.41, 5.74) is -0.639. The second-order valence-electron chi connectivity index (χ2n) is 4.71. The summed E-state index contributed by atoms with van der Waals surface area (Å²) in [4.78, 5) is 24.5. The van der Waals surface area contributed by atoms with Crippen LogP contribution in [-0.4, -0.2) is 35.0 Å². The van der Waals surface area contributed by atoms with E-state index in [0.29, 0.717) is 13.0 Å². The minimum atomic E-state index is -0.722. The molecule has 1 amide bonds. The normalized spacial score (nSPS) is 24.8. The van der Waals surface area contributed by atoms with Gasteiger partial charge < -0.3 is 10.0 Å². The monoisotopic (exact) mass is 211 g/mol. The fourth-order valence-electron chi connectivity index (χ4n) is 2.73. The number of rotatable bonds is 3. The van der Waals surface area contributed by atoms with Gasteiger partial charge in [0.1, 0.15) is 0 Å². The van der Waals surface area contributed by atoms with Crippen LogP contribution in [-0.2, 0) is 9.59 Å². The van der Waals surface area contributed by atoms with Crippen LogP contribution in [0.3, 0.4) is 0 Å². The Bertz CT molecular complexity index is 282. The molecule has 0 spiro atoms. The van der Waals surface area contributed by atoms with Crippen molar-refractivity contribution in [1.82, 2.24) is 4.90 Å². The lowest BCUT2D eigenvalue weighted by Crippen LogP contribution is -2.42. The first kappa shape index (κ1) is 10.5. The summed E-state index contributed by atoms with van der Waals surface area (Å²) in [6, 6.07) is 0. The van der Waals surface area contributed by atoms with E-state index in [1.54, 1.807) is 4.90 Å². The van der Waals surface area contributed by atoms with Crippen LogP contribution >= 0.6 is 0 Å². The van der Waals surface area contributed by atoms with E-state index in [4.69, 9.17) is 0 Å². The Hall–Kier alpha value is -1.06. The lowest BCUT2D eigenvalue weighted by Gasteiger charge is -2.29. The Morgan fingerprint density at radius 3 is 2.47 bits per heavy atom. The summed E-state index contributed by atoms with van der Waals surface area (Å²) in [6.07, 6.45) is 4.89. The van der Waals surface area contributed by atoms with Crippen molar-refractivity contribution in [3.05, 3.63) is 0 Å². The first-order valence-corrected chi connectivity index (χ1v) is 5.65. The van der Waals surface area contributed by atoms with Crippen LogP contribution in [0, 0.1) is 5.41 Å². The Morgan fingerprint density at radius 2 is 2.00 bits per heavy atom. The van der Waals surface area contributed by atoms with Crippen LogP contribution < -0.4 is 0 Å². The van der Waals surface area contributed by atoms with E-state index in [1.165, 1.54) is 0 Å². The smallest absolute Gasteiger partial charge is 0.311 e. The first-order chi connectivity index (χ1) is 7.14. The summed E-state index contributed by atoms with van der Waals surface area (Å²) in [5.74, 6) is -0.595. The van der Waals surface area contributed by atoms with Crippen molar-refractivity contribution in [1.29, 1.82) is 0 Å². The predicted octanol–water partition coefficient (Wildman–Crippen LogP) is 1.25. The molecule has 15 heavy (non-hydrogen) atoms. The first-order valence-electron chi connectivity index (χ1n) is 5.65. The predicted molar refractivity (Wildman–Crippen MR) is 54.4 cm³/mol. The van der Waals surface area contributed by atoms with Gasteiger partial charge in [-0.05, 0) is 19.3 Å². The van der Waals surface area contributed by atoms with Crippen molar-refractivity contribution in [3.63, 3.8) is 0 Å². The Morgan fingerprint density at radius 1 is 1.33 bits per heavy atom. The van der Waals surface area contributed by atoms with E-state index in [2.05, 4.69) is 0 Å². The van der Waals surface area contributed by atoms with Crippen LogP contribution in [0.5, 0.6) is 0 Å². The van der Waals surface area contributed by atoms with Gasteiger partial charge in [-0.2, -0.15) is 0 Å². The Balaban J connectivity index is 2.06. The van der Waals surface area contributed by atoms with Gasteiger partial charge in [0.05, 0.1) is 5.41 Å². The van der Waals surface area contributed by atoms with Crippen molar-refractivity contribution < 1.29 is 14.7 Å².